The average Bonchev–Trinajstić information content (AvgIpc) is 2.84. The van der Waals surface area contributed by atoms with Gasteiger partial charge in [-0.05, 0) is 54.7 Å². The molecule has 1 saturated heterocycles. The molecule has 2 unspecified atom stereocenters. The summed E-state index contributed by atoms with van der Waals surface area (Å²) in [5.74, 6) is 2.20. The maximum absolute atomic E-state index is 5.93. The normalized spacial score (nSPS) is 22.5. The summed E-state index contributed by atoms with van der Waals surface area (Å²) in [6.07, 6.45) is 3.57. The highest BCUT2D eigenvalue weighted by molar-refractivity contribution is 14.1. The van der Waals surface area contributed by atoms with Gasteiger partial charge in [-0.25, -0.2) is 9.97 Å². The van der Waals surface area contributed by atoms with E-state index in [4.69, 9.17) is 14.7 Å². The standard InChI is InChI=1S/C15H24IN3O/c1-5-8-17-15-12(16)13(9(2)3)18-14(19-15)11-7-6-10(4)20-11/h9-11H,5-8H2,1-4H3,(H,17,18,19). The smallest absolute Gasteiger partial charge is 0.159 e. The Bertz CT molecular complexity index is 465. The van der Waals surface area contributed by atoms with Gasteiger partial charge in [0.05, 0.1) is 15.4 Å². The van der Waals surface area contributed by atoms with Gasteiger partial charge in [0.1, 0.15) is 11.9 Å². The Morgan fingerprint density at radius 3 is 2.65 bits per heavy atom. The maximum Gasteiger partial charge on any atom is 0.159 e. The highest BCUT2D eigenvalue weighted by Gasteiger charge is 2.27. The third kappa shape index (κ3) is 3.61. The minimum Gasteiger partial charge on any atom is -0.369 e. The van der Waals surface area contributed by atoms with Gasteiger partial charge in [-0.2, -0.15) is 0 Å². The monoisotopic (exact) mass is 389 g/mol. The second-order valence-corrected chi connectivity index (χ2v) is 6.80. The van der Waals surface area contributed by atoms with E-state index >= 15 is 0 Å². The quantitative estimate of drug-likeness (QED) is 0.765. The fraction of sp³-hybridized carbons (Fsp3) is 0.733. The largest absolute Gasteiger partial charge is 0.369 e. The van der Waals surface area contributed by atoms with E-state index < -0.39 is 0 Å². The van der Waals surface area contributed by atoms with Crippen LogP contribution in [0.25, 0.3) is 0 Å². The van der Waals surface area contributed by atoms with Crippen molar-refractivity contribution in [1.82, 2.24) is 9.97 Å². The molecule has 0 bridgehead atoms. The predicted molar refractivity (Wildman–Crippen MR) is 90.1 cm³/mol. The van der Waals surface area contributed by atoms with Gasteiger partial charge in [-0.1, -0.05) is 20.8 Å². The highest BCUT2D eigenvalue weighted by Crippen LogP contribution is 2.33. The molecule has 112 valence electrons. The molecular weight excluding hydrogens is 365 g/mol. The summed E-state index contributed by atoms with van der Waals surface area (Å²) >= 11 is 2.35. The second kappa shape index (κ2) is 7.02. The first-order valence-corrected chi connectivity index (χ1v) is 8.57. The number of nitrogens with one attached hydrogen (secondary N) is 1. The van der Waals surface area contributed by atoms with Crippen LogP contribution in [0.2, 0.25) is 0 Å². The summed E-state index contributed by atoms with van der Waals surface area (Å²) in [4.78, 5) is 9.49. The number of hydrogen-bond acceptors (Lipinski definition) is 4. The SMILES string of the molecule is CCCNc1nc(C2CCC(C)O2)nc(C(C)C)c1I. The summed E-state index contributed by atoms with van der Waals surface area (Å²) in [5.41, 5.74) is 1.12. The van der Waals surface area contributed by atoms with Gasteiger partial charge in [0.25, 0.3) is 0 Å². The van der Waals surface area contributed by atoms with E-state index in [1.807, 2.05) is 0 Å². The first-order chi connectivity index (χ1) is 9.52. The molecule has 0 spiro atoms. The maximum atomic E-state index is 5.93. The Labute approximate surface area is 135 Å². The molecule has 1 aromatic rings. The Hall–Kier alpha value is -0.430. The molecule has 1 aliphatic rings. The van der Waals surface area contributed by atoms with Crippen molar-refractivity contribution in [2.75, 3.05) is 11.9 Å². The molecule has 0 saturated carbocycles. The second-order valence-electron chi connectivity index (χ2n) is 5.72. The van der Waals surface area contributed by atoms with Crippen LogP contribution in [0.4, 0.5) is 5.82 Å². The van der Waals surface area contributed by atoms with Crippen LogP contribution in [0.15, 0.2) is 0 Å². The Morgan fingerprint density at radius 1 is 1.35 bits per heavy atom. The minimum absolute atomic E-state index is 0.0571. The molecule has 0 aliphatic carbocycles. The Morgan fingerprint density at radius 2 is 2.10 bits per heavy atom. The zero-order chi connectivity index (χ0) is 14.7. The van der Waals surface area contributed by atoms with Crippen LogP contribution in [0, 0.1) is 3.57 Å². The molecular formula is C15H24IN3O. The number of hydrogen-bond donors (Lipinski definition) is 1. The van der Waals surface area contributed by atoms with Crippen molar-refractivity contribution in [2.45, 2.75) is 65.1 Å². The summed E-state index contributed by atoms with van der Waals surface area (Å²) in [6, 6.07) is 0. The molecule has 2 atom stereocenters. The van der Waals surface area contributed by atoms with Crippen LogP contribution in [0.1, 0.15) is 70.5 Å². The van der Waals surface area contributed by atoms with Crippen molar-refractivity contribution < 1.29 is 4.74 Å². The van der Waals surface area contributed by atoms with Crippen LogP contribution in [0.3, 0.4) is 0 Å². The number of aromatic nitrogens is 2. The molecule has 1 aliphatic heterocycles. The molecule has 5 heteroatoms. The van der Waals surface area contributed by atoms with Crippen molar-refractivity contribution in [3.05, 3.63) is 15.1 Å². The van der Waals surface area contributed by atoms with Crippen LogP contribution in [-0.4, -0.2) is 22.6 Å². The van der Waals surface area contributed by atoms with Crippen LogP contribution in [0.5, 0.6) is 0 Å². The third-order valence-corrected chi connectivity index (χ3v) is 4.57. The van der Waals surface area contributed by atoms with Crippen molar-refractivity contribution in [2.24, 2.45) is 0 Å². The third-order valence-electron chi connectivity index (χ3n) is 3.50. The molecule has 0 radical (unpaired) electrons. The molecule has 1 N–H and O–H groups in total. The molecule has 1 fully saturated rings. The minimum atomic E-state index is 0.0571. The highest BCUT2D eigenvalue weighted by atomic mass is 127. The zero-order valence-electron chi connectivity index (χ0n) is 12.7. The molecule has 2 rings (SSSR count). The molecule has 0 aromatic carbocycles. The van der Waals surface area contributed by atoms with E-state index in [0.717, 1.165) is 46.7 Å². The van der Waals surface area contributed by atoms with Gasteiger partial charge in [0, 0.05) is 6.54 Å². The Kier molecular flexibility index (Phi) is 5.60. The molecule has 0 amide bonds. The van der Waals surface area contributed by atoms with E-state index in [1.165, 1.54) is 0 Å². The van der Waals surface area contributed by atoms with Crippen molar-refractivity contribution in [3.8, 4) is 0 Å². The predicted octanol–water partition coefficient (Wildman–Crippen LogP) is 4.27. The summed E-state index contributed by atoms with van der Waals surface area (Å²) in [5, 5.41) is 3.42. The van der Waals surface area contributed by atoms with Crippen LogP contribution < -0.4 is 5.32 Å². The summed E-state index contributed by atoms with van der Waals surface area (Å²) in [7, 11) is 0. The van der Waals surface area contributed by atoms with Crippen LogP contribution in [-0.2, 0) is 4.74 Å². The molecule has 2 heterocycles. The zero-order valence-corrected chi connectivity index (χ0v) is 14.9. The van der Waals surface area contributed by atoms with E-state index in [-0.39, 0.29) is 6.10 Å². The van der Waals surface area contributed by atoms with Crippen LogP contribution >= 0.6 is 22.6 Å². The Balaban J connectivity index is 2.33. The number of ether oxygens (including phenoxy) is 1. The lowest BCUT2D eigenvalue weighted by molar-refractivity contribution is 0.0502. The van der Waals surface area contributed by atoms with Crippen molar-refractivity contribution in [1.29, 1.82) is 0 Å². The fourth-order valence-electron chi connectivity index (χ4n) is 2.36. The van der Waals surface area contributed by atoms with Gasteiger partial charge >= 0.3 is 0 Å². The number of halogens is 1. The lowest BCUT2D eigenvalue weighted by atomic mass is 10.1. The van der Waals surface area contributed by atoms with Crippen molar-refractivity contribution in [3.63, 3.8) is 0 Å². The lowest BCUT2D eigenvalue weighted by Gasteiger charge is -2.17. The van der Waals surface area contributed by atoms with Gasteiger partial charge in [-0.3, -0.25) is 0 Å². The van der Waals surface area contributed by atoms with Gasteiger partial charge in [0.15, 0.2) is 5.82 Å². The van der Waals surface area contributed by atoms with E-state index in [0.29, 0.717) is 12.0 Å². The average molecular weight is 389 g/mol. The molecule has 20 heavy (non-hydrogen) atoms. The van der Waals surface area contributed by atoms with Gasteiger partial charge in [-0.15, -0.1) is 0 Å². The fourth-order valence-corrected chi connectivity index (χ4v) is 3.42. The lowest BCUT2D eigenvalue weighted by Crippen LogP contribution is -2.14. The first-order valence-electron chi connectivity index (χ1n) is 7.49. The van der Waals surface area contributed by atoms with E-state index in [1.54, 1.807) is 0 Å². The first kappa shape index (κ1) is 15.9. The topological polar surface area (TPSA) is 47.0 Å². The number of anilines is 1. The van der Waals surface area contributed by atoms with Crippen molar-refractivity contribution >= 4 is 28.4 Å². The van der Waals surface area contributed by atoms with E-state index in [2.05, 4.69) is 55.6 Å². The molecule has 1 aromatic heterocycles. The van der Waals surface area contributed by atoms with E-state index in [9.17, 15) is 0 Å². The summed E-state index contributed by atoms with van der Waals surface area (Å²) in [6.45, 7) is 9.57. The van der Waals surface area contributed by atoms with Gasteiger partial charge < -0.3 is 10.1 Å². The van der Waals surface area contributed by atoms with Gasteiger partial charge in [0.2, 0.25) is 0 Å². The molecule has 4 nitrogen and oxygen atoms in total. The number of nitrogens with zero attached hydrogens (tertiary/aromatic N) is 2. The number of rotatable bonds is 5. The summed E-state index contributed by atoms with van der Waals surface area (Å²) < 4.78 is 7.07.